The molecule has 0 saturated heterocycles. The third kappa shape index (κ3) is 4.93. The molecule has 0 unspecified atom stereocenters. The van der Waals surface area contributed by atoms with Gasteiger partial charge in [-0.3, -0.25) is 4.79 Å². The van der Waals surface area contributed by atoms with Crippen molar-refractivity contribution in [3.8, 4) is 0 Å². The fourth-order valence-electron chi connectivity index (χ4n) is 2.59. The quantitative estimate of drug-likeness (QED) is 0.564. The molecule has 0 aliphatic carbocycles. The lowest BCUT2D eigenvalue weighted by atomic mass is 10.3. The van der Waals surface area contributed by atoms with E-state index in [2.05, 4.69) is 5.32 Å². The van der Waals surface area contributed by atoms with E-state index in [1.807, 2.05) is 0 Å². The average molecular weight is 434 g/mol. The summed E-state index contributed by atoms with van der Waals surface area (Å²) in [6.45, 7) is 3.73. The Kier molecular flexibility index (Phi) is 6.19. The number of hydrogen-bond donors (Lipinski definition) is 1. The molecule has 0 radical (unpaired) electrons. The molecule has 0 fully saturated rings. The van der Waals surface area contributed by atoms with Crippen LogP contribution in [-0.2, 0) is 20.3 Å². The molecule has 1 N–H and O–H groups in total. The Bertz CT molecular complexity index is 1130. The molecule has 0 saturated carbocycles. The third-order valence-electron chi connectivity index (χ3n) is 3.94. The summed E-state index contributed by atoms with van der Waals surface area (Å²) < 4.78 is 35.3. The lowest BCUT2D eigenvalue weighted by Crippen LogP contribution is -2.10. The molecule has 2 aromatic heterocycles. The highest BCUT2D eigenvalue weighted by atomic mass is 32.2. The molecular formula is C20H19NO6S2. The highest BCUT2D eigenvalue weighted by Gasteiger charge is 2.20. The summed E-state index contributed by atoms with van der Waals surface area (Å²) in [6, 6.07) is 12.6. The lowest BCUT2D eigenvalue weighted by molar-refractivity contribution is 0.0531. The van der Waals surface area contributed by atoms with Gasteiger partial charge in [-0.25, -0.2) is 13.2 Å². The molecule has 9 heteroatoms. The number of rotatable bonds is 7. The Hall–Kier alpha value is -2.91. The molecule has 0 atom stereocenters. The van der Waals surface area contributed by atoms with Crippen LogP contribution < -0.4 is 5.32 Å². The van der Waals surface area contributed by atoms with Crippen LogP contribution >= 0.6 is 11.3 Å². The van der Waals surface area contributed by atoms with Crippen molar-refractivity contribution in [2.45, 2.75) is 24.5 Å². The van der Waals surface area contributed by atoms with Crippen molar-refractivity contribution in [1.82, 2.24) is 0 Å². The largest absolute Gasteiger partial charge is 0.462 e. The normalized spacial score (nSPS) is 11.2. The van der Waals surface area contributed by atoms with Crippen LogP contribution in [0, 0.1) is 6.92 Å². The molecule has 0 bridgehead atoms. The van der Waals surface area contributed by atoms with Crippen molar-refractivity contribution < 1.29 is 27.2 Å². The summed E-state index contributed by atoms with van der Waals surface area (Å²) in [7, 11) is -3.58. The maximum atomic E-state index is 12.4. The first-order chi connectivity index (χ1) is 13.8. The fourth-order valence-corrected chi connectivity index (χ4v) is 4.82. The van der Waals surface area contributed by atoms with Crippen molar-refractivity contribution in [1.29, 1.82) is 0 Å². The first-order valence-electron chi connectivity index (χ1n) is 8.75. The van der Waals surface area contributed by atoms with Crippen LogP contribution in [0.4, 0.5) is 5.00 Å². The van der Waals surface area contributed by atoms with Crippen molar-refractivity contribution in [3.63, 3.8) is 0 Å². The Morgan fingerprint density at radius 2 is 1.86 bits per heavy atom. The maximum Gasteiger partial charge on any atom is 0.348 e. The van der Waals surface area contributed by atoms with Gasteiger partial charge in [-0.1, -0.05) is 18.2 Å². The lowest BCUT2D eigenvalue weighted by Gasteiger charge is -2.02. The van der Waals surface area contributed by atoms with E-state index >= 15 is 0 Å². The van der Waals surface area contributed by atoms with Crippen LogP contribution in [0.15, 0.2) is 57.8 Å². The van der Waals surface area contributed by atoms with Gasteiger partial charge in [-0.05, 0) is 49.7 Å². The molecule has 3 aromatic rings. The molecule has 0 aliphatic rings. The number of sulfone groups is 1. The molecular weight excluding hydrogens is 414 g/mol. The zero-order valence-corrected chi connectivity index (χ0v) is 17.4. The fraction of sp³-hybridized carbons (Fsp3) is 0.200. The van der Waals surface area contributed by atoms with Gasteiger partial charge in [0.25, 0.3) is 5.91 Å². The SMILES string of the molecule is CCOC(=O)c1sc(NC(=O)c2ccc(CS(=O)(=O)c3ccccc3)o2)cc1C. The smallest absolute Gasteiger partial charge is 0.348 e. The number of furan rings is 1. The first-order valence-corrected chi connectivity index (χ1v) is 11.2. The predicted molar refractivity (Wildman–Crippen MR) is 109 cm³/mol. The van der Waals surface area contributed by atoms with Crippen LogP contribution in [0.25, 0.3) is 0 Å². The van der Waals surface area contributed by atoms with Gasteiger partial charge in [-0.15, -0.1) is 11.3 Å². The van der Waals surface area contributed by atoms with Gasteiger partial charge in [0.2, 0.25) is 0 Å². The van der Waals surface area contributed by atoms with E-state index in [4.69, 9.17) is 9.15 Å². The summed E-state index contributed by atoms with van der Waals surface area (Å²) in [6.07, 6.45) is 0. The van der Waals surface area contributed by atoms with E-state index < -0.39 is 21.7 Å². The summed E-state index contributed by atoms with van der Waals surface area (Å²) in [5.41, 5.74) is 0.692. The van der Waals surface area contributed by atoms with E-state index in [1.54, 1.807) is 38.1 Å². The molecule has 29 heavy (non-hydrogen) atoms. The number of aryl methyl sites for hydroxylation is 1. The van der Waals surface area contributed by atoms with E-state index in [1.165, 1.54) is 24.3 Å². The molecule has 152 valence electrons. The van der Waals surface area contributed by atoms with Crippen molar-refractivity contribution >= 4 is 38.1 Å². The van der Waals surface area contributed by atoms with Crippen molar-refractivity contribution in [3.05, 3.63) is 70.5 Å². The second-order valence-corrected chi connectivity index (χ2v) is 9.18. The van der Waals surface area contributed by atoms with Crippen LogP contribution in [0.3, 0.4) is 0 Å². The van der Waals surface area contributed by atoms with Crippen LogP contribution in [0.1, 0.15) is 38.5 Å². The number of hydrogen-bond acceptors (Lipinski definition) is 7. The highest BCUT2D eigenvalue weighted by molar-refractivity contribution is 7.90. The average Bonchev–Trinajstić information content (AvgIpc) is 3.29. The van der Waals surface area contributed by atoms with E-state index in [9.17, 15) is 18.0 Å². The van der Waals surface area contributed by atoms with Crippen LogP contribution in [0.2, 0.25) is 0 Å². The molecule has 7 nitrogen and oxygen atoms in total. The summed E-state index contributed by atoms with van der Waals surface area (Å²) in [5, 5.41) is 3.12. The van der Waals surface area contributed by atoms with Gasteiger partial charge < -0.3 is 14.5 Å². The minimum absolute atomic E-state index is 0.0213. The number of benzene rings is 1. The number of carbonyl (C=O) groups excluding carboxylic acids is 2. The molecule has 0 aliphatic heterocycles. The van der Waals surface area contributed by atoms with Gasteiger partial charge in [0.15, 0.2) is 15.6 Å². The monoisotopic (exact) mass is 433 g/mol. The standard InChI is InChI=1S/C20H19NO6S2/c1-3-26-20(23)18-13(2)11-17(28-18)21-19(22)16-10-9-14(27-16)12-29(24,25)15-7-5-4-6-8-15/h4-11H,3,12H2,1-2H3,(H,21,22). The molecule has 0 spiro atoms. The van der Waals surface area contributed by atoms with Gasteiger partial charge in [-0.2, -0.15) is 0 Å². The van der Waals surface area contributed by atoms with Crippen molar-refractivity contribution in [2.24, 2.45) is 0 Å². The topological polar surface area (TPSA) is 103 Å². The van der Waals surface area contributed by atoms with Gasteiger partial charge in [0.1, 0.15) is 16.4 Å². The van der Waals surface area contributed by atoms with E-state index in [0.717, 1.165) is 11.3 Å². The number of amides is 1. The Labute approximate surface area is 172 Å². The van der Waals surface area contributed by atoms with E-state index in [-0.39, 0.29) is 28.8 Å². The zero-order chi connectivity index (χ0) is 21.0. The van der Waals surface area contributed by atoms with Crippen molar-refractivity contribution in [2.75, 3.05) is 11.9 Å². The minimum Gasteiger partial charge on any atom is -0.462 e. The Balaban J connectivity index is 1.70. The molecule has 1 aromatic carbocycles. The number of thiophene rings is 1. The van der Waals surface area contributed by atoms with Gasteiger partial charge in [0.05, 0.1) is 16.5 Å². The van der Waals surface area contributed by atoms with Crippen LogP contribution in [0.5, 0.6) is 0 Å². The second kappa shape index (κ2) is 8.62. The molecule has 2 heterocycles. The van der Waals surface area contributed by atoms with Gasteiger partial charge in [0, 0.05) is 0 Å². The minimum atomic E-state index is -3.58. The predicted octanol–water partition coefficient (Wildman–Crippen LogP) is 4.05. The van der Waals surface area contributed by atoms with Crippen LogP contribution in [-0.4, -0.2) is 26.9 Å². The Morgan fingerprint density at radius 1 is 1.14 bits per heavy atom. The number of ether oxygens (including phenoxy) is 1. The third-order valence-corrected chi connectivity index (χ3v) is 6.72. The maximum absolute atomic E-state index is 12.4. The summed E-state index contributed by atoms with van der Waals surface area (Å²) in [5.74, 6) is -1.19. The van der Waals surface area contributed by atoms with E-state index in [0.29, 0.717) is 15.4 Å². The number of anilines is 1. The zero-order valence-electron chi connectivity index (χ0n) is 15.8. The number of esters is 1. The highest BCUT2D eigenvalue weighted by Crippen LogP contribution is 2.28. The Morgan fingerprint density at radius 3 is 2.55 bits per heavy atom. The molecule has 3 rings (SSSR count). The number of carbonyl (C=O) groups is 2. The second-order valence-electron chi connectivity index (χ2n) is 6.14. The van der Waals surface area contributed by atoms with Gasteiger partial charge >= 0.3 is 5.97 Å². The number of nitrogens with one attached hydrogen (secondary N) is 1. The summed E-state index contributed by atoms with van der Waals surface area (Å²) >= 11 is 1.10. The first kappa shape index (κ1) is 20.8. The molecule has 1 amide bonds. The summed E-state index contributed by atoms with van der Waals surface area (Å²) in [4.78, 5) is 24.9.